The molecule has 4 heteroatoms. The number of para-hydroxylation sites is 4. The molecule has 1 aliphatic carbocycles. The van der Waals surface area contributed by atoms with Gasteiger partial charge in [-0.2, -0.15) is 0 Å². The molecule has 4 aromatic carbocycles. The SMILES string of the molecule is CCCCCCCOc1c2cccc1Cc1cccc(c1OCCCCCCC)Cc1cccc(c1OCCCCCCC)Cc1cccc(c1OCCCCCCC)C2. The predicted molar refractivity (Wildman–Crippen MR) is 254 cm³/mol. The molecule has 4 nitrogen and oxygen atoms in total. The van der Waals surface area contributed by atoms with E-state index in [-0.39, 0.29) is 0 Å². The minimum absolute atomic E-state index is 0.728. The zero-order valence-electron chi connectivity index (χ0n) is 38.4. The number of rotatable bonds is 28. The van der Waals surface area contributed by atoms with Gasteiger partial charge in [-0.05, 0) is 70.2 Å². The van der Waals surface area contributed by atoms with Crippen LogP contribution in [-0.2, 0) is 25.7 Å². The van der Waals surface area contributed by atoms with E-state index >= 15 is 0 Å². The van der Waals surface area contributed by atoms with Gasteiger partial charge in [0.25, 0.3) is 0 Å². The zero-order chi connectivity index (χ0) is 42.0. The van der Waals surface area contributed by atoms with E-state index in [0.29, 0.717) is 0 Å². The van der Waals surface area contributed by atoms with E-state index in [1.54, 1.807) is 0 Å². The fourth-order valence-corrected chi connectivity index (χ4v) is 8.75. The van der Waals surface area contributed by atoms with Crippen molar-refractivity contribution in [3.8, 4) is 23.0 Å². The average Bonchev–Trinajstić information content (AvgIpc) is 3.25. The Morgan fingerprint density at radius 1 is 0.267 bits per heavy atom. The molecule has 8 bridgehead atoms. The molecule has 5 rings (SSSR count). The first-order valence-electron chi connectivity index (χ1n) is 24.6. The van der Waals surface area contributed by atoms with Crippen LogP contribution in [0.15, 0.2) is 72.8 Å². The number of unbranched alkanes of at least 4 members (excludes halogenated alkanes) is 16. The third-order valence-electron chi connectivity index (χ3n) is 12.2. The van der Waals surface area contributed by atoms with Gasteiger partial charge in [0.15, 0.2) is 0 Å². The smallest absolute Gasteiger partial charge is 0.126 e. The van der Waals surface area contributed by atoms with Crippen molar-refractivity contribution in [3.63, 3.8) is 0 Å². The summed E-state index contributed by atoms with van der Waals surface area (Å²) in [4.78, 5) is 0. The van der Waals surface area contributed by atoms with Gasteiger partial charge < -0.3 is 18.9 Å². The highest BCUT2D eigenvalue weighted by molar-refractivity contribution is 5.56. The maximum absolute atomic E-state index is 6.91. The van der Waals surface area contributed by atoms with Crippen molar-refractivity contribution in [1.82, 2.24) is 0 Å². The quantitative estimate of drug-likeness (QED) is 0.0471. The first kappa shape index (κ1) is 47.1. The fraction of sp³-hybridized carbons (Fsp3) is 0.571. The molecule has 328 valence electrons. The van der Waals surface area contributed by atoms with Crippen LogP contribution in [-0.4, -0.2) is 26.4 Å². The Morgan fingerprint density at radius 2 is 0.450 bits per heavy atom. The van der Waals surface area contributed by atoms with Crippen molar-refractivity contribution in [3.05, 3.63) is 117 Å². The minimum atomic E-state index is 0.728. The van der Waals surface area contributed by atoms with E-state index < -0.39 is 0 Å². The summed E-state index contributed by atoms with van der Waals surface area (Å²) in [5.74, 6) is 4.14. The number of benzene rings is 4. The molecular weight excluding hydrogens is 737 g/mol. The zero-order valence-corrected chi connectivity index (χ0v) is 38.4. The van der Waals surface area contributed by atoms with Crippen LogP contribution in [0.4, 0.5) is 0 Å². The van der Waals surface area contributed by atoms with E-state index in [4.69, 9.17) is 18.9 Å². The van der Waals surface area contributed by atoms with Gasteiger partial charge in [0, 0.05) is 25.7 Å². The van der Waals surface area contributed by atoms with Gasteiger partial charge in [-0.25, -0.2) is 0 Å². The van der Waals surface area contributed by atoms with Gasteiger partial charge in [0.05, 0.1) is 26.4 Å². The van der Waals surface area contributed by atoms with E-state index in [2.05, 4.69) is 100 Å². The van der Waals surface area contributed by atoms with Gasteiger partial charge in [-0.1, -0.05) is 203 Å². The second-order valence-electron chi connectivity index (χ2n) is 17.4. The molecule has 60 heavy (non-hydrogen) atoms. The lowest BCUT2D eigenvalue weighted by molar-refractivity contribution is 0.293. The minimum Gasteiger partial charge on any atom is -0.493 e. The fourth-order valence-electron chi connectivity index (χ4n) is 8.75. The summed E-state index contributed by atoms with van der Waals surface area (Å²) >= 11 is 0. The molecule has 0 aromatic heterocycles. The lowest BCUT2D eigenvalue weighted by atomic mass is 9.91. The van der Waals surface area contributed by atoms with Crippen molar-refractivity contribution < 1.29 is 18.9 Å². The van der Waals surface area contributed by atoms with Crippen LogP contribution >= 0.6 is 0 Å². The normalized spacial score (nSPS) is 12.3. The molecule has 0 fully saturated rings. The summed E-state index contributed by atoms with van der Waals surface area (Å²) in [5.41, 5.74) is 9.79. The Balaban J connectivity index is 1.59. The second kappa shape index (κ2) is 27.8. The van der Waals surface area contributed by atoms with Crippen LogP contribution in [0.5, 0.6) is 23.0 Å². The van der Waals surface area contributed by atoms with E-state index in [0.717, 1.165) is 101 Å². The highest BCUT2D eigenvalue weighted by Gasteiger charge is 2.22. The summed E-state index contributed by atoms with van der Waals surface area (Å²) < 4.78 is 27.6. The third kappa shape index (κ3) is 15.2. The standard InChI is InChI=1S/C56H80O4/c1-5-9-13-17-21-37-57-53-45-29-25-30-46(53)42-48-32-27-34-50(55(48)59-39-23-19-15-11-7-3)44-52-36-28-35-51(56(52)60-40-24-20-16-12-8-4)43-49-33-26-31-47(41-45)54(49)58-38-22-18-14-10-6-2/h25-36H,5-24,37-44H2,1-4H3. The van der Waals surface area contributed by atoms with Crippen molar-refractivity contribution in [2.75, 3.05) is 26.4 Å². The molecule has 0 saturated carbocycles. The number of hydrogen-bond acceptors (Lipinski definition) is 4. The lowest BCUT2D eigenvalue weighted by Gasteiger charge is -2.23. The molecular formula is C56H80O4. The van der Waals surface area contributed by atoms with Gasteiger partial charge in [-0.15, -0.1) is 0 Å². The van der Waals surface area contributed by atoms with Crippen molar-refractivity contribution in [2.45, 2.75) is 182 Å². The molecule has 0 unspecified atom stereocenters. The predicted octanol–water partition coefficient (Wildman–Crippen LogP) is 15.8. The highest BCUT2D eigenvalue weighted by atomic mass is 16.5. The molecule has 1 aliphatic rings. The molecule has 0 saturated heterocycles. The second-order valence-corrected chi connectivity index (χ2v) is 17.4. The molecule has 0 heterocycles. The first-order valence-corrected chi connectivity index (χ1v) is 24.6. The molecule has 4 aromatic rings. The first-order chi connectivity index (χ1) is 29.7. The highest BCUT2D eigenvalue weighted by Crippen LogP contribution is 2.39. The Hall–Kier alpha value is -3.92. The maximum atomic E-state index is 6.91. The summed E-state index contributed by atoms with van der Waals surface area (Å²) in [6.07, 6.45) is 27.3. The monoisotopic (exact) mass is 817 g/mol. The van der Waals surface area contributed by atoms with Crippen LogP contribution in [0, 0.1) is 0 Å². The maximum Gasteiger partial charge on any atom is 0.126 e. The van der Waals surface area contributed by atoms with Gasteiger partial charge >= 0.3 is 0 Å². The van der Waals surface area contributed by atoms with Crippen LogP contribution in [0.25, 0.3) is 0 Å². The lowest BCUT2D eigenvalue weighted by Crippen LogP contribution is -2.10. The summed E-state index contributed by atoms with van der Waals surface area (Å²) in [7, 11) is 0. The average molecular weight is 817 g/mol. The molecule has 0 amide bonds. The number of fused-ring (bicyclic) bond motifs is 8. The summed E-state index contributed by atoms with van der Waals surface area (Å²) in [6.45, 7) is 12.0. The third-order valence-corrected chi connectivity index (χ3v) is 12.2. The Labute approximate surface area is 366 Å². The molecule has 0 radical (unpaired) electrons. The van der Waals surface area contributed by atoms with Gasteiger partial charge in [0.2, 0.25) is 0 Å². The van der Waals surface area contributed by atoms with Crippen LogP contribution in [0.2, 0.25) is 0 Å². The molecule has 0 N–H and O–H groups in total. The summed E-state index contributed by atoms with van der Waals surface area (Å²) in [6, 6.07) is 27.1. The van der Waals surface area contributed by atoms with Crippen LogP contribution < -0.4 is 18.9 Å². The molecule has 0 spiro atoms. The largest absolute Gasteiger partial charge is 0.493 e. The van der Waals surface area contributed by atoms with Crippen molar-refractivity contribution in [1.29, 1.82) is 0 Å². The Kier molecular flexibility index (Phi) is 21.9. The van der Waals surface area contributed by atoms with Crippen molar-refractivity contribution in [2.24, 2.45) is 0 Å². The van der Waals surface area contributed by atoms with E-state index in [1.165, 1.54) is 147 Å². The van der Waals surface area contributed by atoms with E-state index in [1.807, 2.05) is 0 Å². The Morgan fingerprint density at radius 3 is 0.633 bits per heavy atom. The van der Waals surface area contributed by atoms with E-state index in [9.17, 15) is 0 Å². The summed E-state index contributed by atoms with van der Waals surface area (Å²) in [5, 5.41) is 0. The van der Waals surface area contributed by atoms with Gasteiger partial charge in [0.1, 0.15) is 23.0 Å². The number of ether oxygens (including phenoxy) is 4. The van der Waals surface area contributed by atoms with Gasteiger partial charge in [-0.3, -0.25) is 0 Å². The number of hydrogen-bond donors (Lipinski definition) is 0. The molecule has 0 aliphatic heterocycles. The molecule has 0 atom stereocenters. The Bertz CT molecular complexity index is 1450. The van der Waals surface area contributed by atoms with Crippen LogP contribution in [0.1, 0.15) is 201 Å². The topological polar surface area (TPSA) is 36.9 Å². The van der Waals surface area contributed by atoms with Crippen molar-refractivity contribution >= 4 is 0 Å². The van der Waals surface area contributed by atoms with Crippen LogP contribution in [0.3, 0.4) is 0 Å².